The molecule has 0 unspecified atom stereocenters. The minimum absolute atomic E-state index is 0. The van der Waals surface area contributed by atoms with E-state index in [-0.39, 0.29) is 41.6 Å². The summed E-state index contributed by atoms with van der Waals surface area (Å²) in [6, 6.07) is 14.5. The maximum atomic E-state index is 13.7. The number of hydrogen-bond donors (Lipinski definition) is 3. The Morgan fingerprint density at radius 1 is 1.03 bits per heavy atom. The first-order valence-corrected chi connectivity index (χ1v) is 10.2. The van der Waals surface area contributed by atoms with Gasteiger partial charge in [-0.3, -0.25) is 9.79 Å². The highest BCUT2D eigenvalue weighted by Crippen LogP contribution is 2.25. The van der Waals surface area contributed by atoms with Gasteiger partial charge in [0, 0.05) is 37.3 Å². The van der Waals surface area contributed by atoms with Gasteiger partial charge in [-0.2, -0.15) is 0 Å². The molecule has 5 nitrogen and oxygen atoms in total. The minimum atomic E-state index is -0.239. The summed E-state index contributed by atoms with van der Waals surface area (Å²) in [7, 11) is 1.68. The molecule has 2 aromatic rings. The largest absolute Gasteiger partial charge is 0.352 e. The Morgan fingerprint density at radius 2 is 1.77 bits per heavy atom. The third-order valence-corrected chi connectivity index (χ3v) is 5.26. The lowest BCUT2D eigenvalue weighted by Crippen LogP contribution is -2.36. The fraction of sp³-hybridized carbons (Fsp3) is 0.391. The van der Waals surface area contributed by atoms with Gasteiger partial charge in [0.1, 0.15) is 5.82 Å². The van der Waals surface area contributed by atoms with E-state index in [9.17, 15) is 9.18 Å². The molecular formula is C23H30FIN4O. The lowest BCUT2D eigenvalue weighted by atomic mass is 9.88. The molecule has 162 valence electrons. The molecule has 0 aromatic heterocycles. The van der Waals surface area contributed by atoms with Crippen molar-refractivity contribution in [3.05, 3.63) is 65.5 Å². The fourth-order valence-corrected chi connectivity index (χ4v) is 3.60. The number of nitrogens with zero attached hydrogens (tertiary/aromatic N) is 1. The summed E-state index contributed by atoms with van der Waals surface area (Å²) in [6.07, 6.45) is 5.48. The molecule has 1 saturated carbocycles. The Morgan fingerprint density at radius 3 is 2.50 bits per heavy atom. The van der Waals surface area contributed by atoms with Crippen molar-refractivity contribution in [1.29, 1.82) is 0 Å². The Labute approximate surface area is 195 Å². The topological polar surface area (TPSA) is 65.5 Å². The molecule has 0 heterocycles. The van der Waals surface area contributed by atoms with Gasteiger partial charge in [-0.15, -0.1) is 24.0 Å². The molecule has 1 fully saturated rings. The molecule has 0 radical (unpaired) electrons. The summed E-state index contributed by atoms with van der Waals surface area (Å²) in [5.74, 6) is 0.603. The molecule has 0 aliphatic heterocycles. The van der Waals surface area contributed by atoms with Crippen LogP contribution in [-0.4, -0.2) is 18.9 Å². The Balaban J connectivity index is 0.00000320. The van der Waals surface area contributed by atoms with Gasteiger partial charge in [0.15, 0.2) is 5.96 Å². The van der Waals surface area contributed by atoms with Crippen LogP contribution in [0.1, 0.15) is 43.2 Å². The standard InChI is InChI=1S/C23H29FN4O.HI/c1-25-23(27-16-19-11-5-6-13-21(19)24)26-15-17-8-7-12-20(14-17)28-22(29)18-9-3-2-4-10-18;/h5-8,11-14,18H,2-4,9-10,15-16H2,1H3,(H,28,29)(H2,25,26,27);1H. The molecule has 3 rings (SSSR count). The van der Waals surface area contributed by atoms with Gasteiger partial charge in [0.25, 0.3) is 0 Å². The van der Waals surface area contributed by atoms with Crippen LogP contribution in [0.15, 0.2) is 53.5 Å². The van der Waals surface area contributed by atoms with Crippen molar-refractivity contribution in [3.63, 3.8) is 0 Å². The Hall–Kier alpha value is -2.16. The molecule has 1 aliphatic rings. The molecule has 30 heavy (non-hydrogen) atoms. The summed E-state index contributed by atoms with van der Waals surface area (Å²) in [5, 5.41) is 9.39. The highest BCUT2D eigenvalue weighted by molar-refractivity contribution is 14.0. The van der Waals surface area contributed by atoms with Gasteiger partial charge in [0.05, 0.1) is 0 Å². The SMILES string of the molecule is CN=C(NCc1cccc(NC(=O)C2CCCCC2)c1)NCc1ccccc1F.I. The lowest BCUT2D eigenvalue weighted by molar-refractivity contribution is -0.120. The monoisotopic (exact) mass is 524 g/mol. The van der Waals surface area contributed by atoms with Crippen molar-refractivity contribution in [2.24, 2.45) is 10.9 Å². The number of rotatable bonds is 6. The second-order valence-electron chi connectivity index (χ2n) is 7.40. The third-order valence-electron chi connectivity index (χ3n) is 5.26. The summed E-state index contributed by atoms with van der Waals surface area (Å²) in [5.41, 5.74) is 2.43. The number of aliphatic imine (C=N–C) groups is 1. The maximum absolute atomic E-state index is 13.7. The predicted molar refractivity (Wildman–Crippen MR) is 131 cm³/mol. The van der Waals surface area contributed by atoms with E-state index in [0.717, 1.165) is 36.9 Å². The van der Waals surface area contributed by atoms with Gasteiger partial charge in [-0.25, -0.2) is 4.39 Å². The van der Waals surface area contributed by atoms with Crippen molar-refractivity contribution >= 4 is 41.5 Å². The zero-order chi connectivity index (χ0) is 20.5. The normalized spacial score (nSPS) is 14.5. The lowest BCUT2D eigenvalue weighted by Gasteiger charge is -2.21. The molecule has 3 N–H and O–H groups in total. The van der Waals surface area contributed by atoms with Crippen LogP contribution in [0.2, 0.25) is 0 Å². The van der Waals surface area contributed by atoms with Crippen LogP contribution in [0.25, 0.3) is 0 Å². The average Bonchev–Trinajstić information content (AvgIpc) is 2.76. The Kier molecular flexibility index (Phi) is 10.1. The van der Waals surface area contributed by atoms with E-state index in [1.807, 2.05) is 30.3 Å². The van der Waals surface area contributed by atoms with E-state index in [1.54, 1.807) is 19.2 Å². The van der Waals surface area contributed by atoms with E-state index < -0.39 is 0 Å². The zero-order valence-electron chi connectivity index (χ0n) is 17.3. The van der Waals surface area contributed by atoms with Gasteiger partial charge < -0.3 is 16.0 Å². The zero-order valence-corrected chi connectivity index (χ0v) is 19.6. The molecule has 7 heteroatoms. The summed E-state index contributed by atoms with van der Waals surface area (Å²) < 4.78 is 13.7. The molecule has 0 saturated heterocycles. The number of benzene rings is 2. The van der Waals surface area contributed by atoms with Crippen LogP contribution in [0.5, 0.6) is 0 Å². The van der Waals surface area contributed by atoms with Crippen LogP contribution in [-0.2, 0) is 17.9 Å². The average molecular weight is 524 g/mol. The maximum Gasteiger partial charge on any atom is 0.227 e. The molecule has 2 aromatic carbocycles. The third kappa shape index (κ3) is 7.27. The Bertz CT molecular complexity index is 853. The highest BCUT2D eigenvalue weighted by atomic mass is 127. The quantitative estimate of drug-likeness (QED) is 0.288. The number of carbonyl (C=O) groups excluding carboxylic acids is 1. The molecule has 1 amide bonds. The van der Waals surface area contributed by atoms with E-state index in [4.69, 9.17) is 0 Å². The van der Waals surface area contributed by atoms with Crippen molar-refractivity contribution in [3.8, 4) is 0 Å². The number of halogens is 2. The van der Waals surface area contributed by atoms with Crippen molar-refractivity contribution < 1.29 is 9.18 Å². The second kappa shape index (κ2) is 12.5. The van der Waals surface area contributed by atoms with Crippen LogP contribution in [0.3, 0.4) is 0 Å². The van der Waals surface area contributed by atoms with Crippen molar-refractivity contribution in [2.45, 2.75) is 45.2 Å². The first kappa shape index (κ1) is 24.1. The van der Waals surface area contributed by atoms with Gasteiger partial charge in [-0.1, -0.05) is 49.6 Å². The van der Waals surface area contributed by atoms with Crippen LogP contribution >= 0.6 is 24.0 Å². The van der Waals surface area contributed by atoms with Gasteiger partial charge in [-0.05, 0) is 36.6 Å². The van der Waals surface area contributed by atoms with Gasteiger partial charge in [0.2, 0.25) is 5.91 Å². The number of hydrogen-bond acceptors (Lipinski definition) is 2. The second-order valence-corrected chi connectivity index (χ2v) is 7.40. The number of nitrogens with one attached hydrogen (secondary N) is 3. The number of guanidine groups is 1. The molecule has 1 aliphatic carbocycles. The number of anilines is 1. The molecule has 0 bridgehead atoms. The van der Waals surface area contributed by atoms with E-state index in [1.165, 1.54) is 12.5 Å². The predicted octanol–water partition coefficient (Wildman–Crippen LogP) is 4.83. The molecule has 0 spiro atoms. The molecule has 0 atom stereocenters. The van der Waals surface area contributed by atoms with E-state index >= 15 is 0 Å². The van der Waals surface area contributed by atoms with Crippen LogP contribution < -0.4 is 16.0 Å². The minimum Gasteiger partial charge on any atom is -0.352 e. The van der Waals surface area contributed by atoms with E-state index in [0.29, 0.717) is 24.6 Å². The number of amides is 1. The summed E-state index contributed by atoms with van der Waals surface area (Å²) in [6.45, 7) is 0.897. The fourth-order valence-electron chi connectivity index (χ4n) is 3.60. The van der Waals surface area contributed by atoms with Gasteiger partial charge >= 0.3 is 0 Å². The highest BCUT2D eigenvalue weighted by Gasteiger charge is 2.21. The van der Waals surface area contributed by atoms with Crippen LogP contribution in [0.4, 0.5) is 10.1 Å². The van der Waals surface area contributed by atoms with Crippen LogP contribution in [0, 0.1) is 11.7 Å². The number of carbonyl (C=O) groups is 1. The van der Waals surface area contributed by atoms with E-state index in [2.05, 4.69) is 20.9 Å². The first-order valence-electron chi connectivity index (χ1n) is 10.2. The molecular weight excluding hydrogens is 494 g/mol. The van der Waals surface area contributed by atoms with Crippen molar-refractivity contribution in [2.75, 3.05) is 12.4 Å². The summed E-state index contributed by atoms with van der Waals surface area (Å²) >= 11 is 0. The first-order chi connectivity index (χ1) is 14.2. The smallest absolute Gasteiger partial charge is 0.227 e. The van der Waals surface area contributed by atoms with Crippen molar-refractivity contribution in [1.82, 2.24) is 10.6 Å². The summed E-state index contributed by atoms with van der Waals surface area (Å²) in [4.78, 5) is 16.6.